The van der Waals surface area contributed by atoms with E-state index in [-0.39, 0.29) is 5.57 Å². The molecule has 0 radical (unpaired) electrons. The number of carboxylic acid groups (broad SMARTS) is 1. The van der Waals surface area contributed by atoms with Crippen LogP contribution in [0, 0.1) is 0 Å². The number of rotatable bonds is 2. The number of aliphatic hydroxyl groups is 2. The van der Waals surface area contributed by atoms with Crippen molar-refractivity contribution in [1.29, 1.82) is 0 Å². The Bertz CT molecular complexity index is 188. The van der Waals surface area contributed by atoms with Gasteiger partial charge in [0.05, 0.1) is 6.61 Å². The molecular formula is C7H11F3O4. The van der Waals surface area contributed by atoms with Gasteiger partial charge in [-0.25, -0.2) is 4.79 Å². The minimum Gasteiger partial charge on any atom is -0.478 e. The van der Waals surface area contributed by atoms with Crippen LogP contribution in [-0.4, -0.2) is 40.2 Å². The number of carbonyl (C=O) groups is 1. The van der Waals surface area contributed by atoms with Crippen molar-refractivity contribution in [3.05, 3.63) is 12.2 Å². The summed E-state index contributed by atoms with van der Waals surface area (Å²) < 4.78 is 33.1. The molecule has 0 spiro atoms. The van der Waals surface area contributed by atoms with Crippen LogP contribution in [0.15, 0.2) is 12.2 Å². The van der Waals surface area contributed by atoms with Gasteiger partial charge in [-0.2, -0.15) is 13.2 Å². The molecule has 4 nitrogen and oxygen atoms in total. The van der Waals surface area contributed by atoms with Gasteiger partial charge in [-0.05, 0) is 6.92 Å². The summed E-state index contributed by atoms with van der Waals surface area (Å²) >= 11 is 0. The van der Waals surface area contributed by atoms with Crippen molar-refractivity contribution in [2.24, 2.45) is 0 Å². The molecule has 0 aromatic carbocycles. The second-order valence-electron chi connectivity index (χ2n) is 2.33. The summed E-state index contributed by atoms with van der Waals surface area (Å²) in [6, 6.07) is 0. The molecule has 84 valence electrons. The van der Waals surface area contributed by atoms with Crippen LogP contribution >= 0.6 is 0 Å². The highest BCUT2D eigenvalue weighted by molar-refractivity contribution is 5.84. The van der Waals surface area contributed by atoms with Crippen LogP contribution in [-0.2, 0) is 4.79 Å². The van der Waals surface area contributed by atoms with Gasteiger partial charge in [-0.1, -0.05) is 6.58 Å². The van der Waals surface area contributed by atoms with Crippen LogP contribution in [0.25, 0.3) is 0 Å². The molecule has 0 aromatic rings. The Hall–Kier alpha value is -1.08. The highest BCUT2D eigenvalue weighted by atomic mass is 19.4. The predicted molar refractivity (Wildman–Crippen MR) is 41.6 cm³/mol. The van der Waals surface area contributed by atoms with E-state index in [0.29, 0.717) is 0 Å². The molecule has 3 N–H and O–H groups in total. The smallest absolute Gasteiger partial charge is 0.416 e. The van der Waals surface area contributed by atoms with Crippen molar-refractivity contribution < 1.29 is 33.3 Å². The fraction of sp³-hybridized carbons (Fsp3) is 0.571. The van der Waals surface area contributed by atoms with E-state index in [0.717, 1.165) is 0 Å². The molecule has 0 aliphatic carbocycles. The monoisotopic (exact) mass is 216 g/mol. The Morgan fingerprint density at radius 2 is 1.79 bits per heavy atom. The number of aliphatic carboxylic acids is 1. The average molecular weight is 216 g/mol. The maximum Gasteiger partial charge on any atom is 0.416 e. The van der Waals surface area contributed by atoms with Crippen molar-refractivity contribution in [2.75, 3.05) is 6.61 Å². The first kappa shape index (κ1) is 15.4. The summed E-state index contributed by atoms with van der Waals surface area (Å²) in [5.74, 6) is -0.935. The molecule has 0 saturated heterocycles. The number of carboxylic acids is 1. The summed E-state index contributed by atoms with van der Waals surface area (Å²) in [6.07, 6.45) is -7.28. The summed E-state index contributed by atoms with van der Waals surface area (Å²) in [7, 11) is 0. The minimum atomic E-state index is -4.69. The zero-order valence-corrected chi connectivity index (χ0v) is 7.38. The second kappa shape index (κ2) is 6.39. The predicted octanol–water partition coefficient (Wildman–Crippen LogP) is 0.549. The lowest BCUT2D eigenvalue weighted by Gasteiger charge is -2.09. The molecule has 14 heavy (non-hydrogen) atoms. The van der Waals surface area contributed by atoms with Gasteiger partial charge in [-0.3, -0.25) is 0 Å². The van der Waals surface area contributed by atoms with Gasteiger partial charge in [0.25, 0.3) is 0 Å². The summed E-state index contributed by atoms with van der Waals surface area (Å²) in [5.41, 5.74) is 0.176. The molecule has 7 heteroatoms. The van der Waals surface area contributed by atoms with Crippen LogP contribution in [0.2, 0.25) is 0 Å². The maximum atomic E-state index is 11.0. The van der Waals surface area contributed by atoms with Gasteiger partial charge < -0.3 is 15.3 Å². The highest BCUT2D eigenvalue weighted by Crippen LogP contribution is 2.18. The summed E-state index contributed by atoms with van der Waals surface area (Å²) in [4.78, 5) is 9.60. The van der Waals surface area contributed by atoms with Crippen LogP contribution < -0.4 is 0 Å². The molecule has 0 saturated carbocycles. The van der Waals surface area contributed by atoms with Gasteiger partial charge >= 0.3 is 12.1 Å². The number of alkyl halides is 3. The Morgan fingerprint density at radius 1 is 1.50 bits per heavy atom. The molecule has 0 fully saturated rings. The largest absolute Gasteiger partial charge is 0.478 e. The first-order valence-electron chi connectivity index (χ1n) is 3.37. The summed E-state index contributed by atoms with van der Waals surface area (Å²) in [6.45, 7) is 3.33. The molecule has 0 heterocycles. The Labute approximate surface area is 78.3 Å². The molecule has 0 aromatic heterocycles. The number of aliphatic hydroxyl groups excluding tert-OH is 2. The third-order valence-electron chi connectivity index (χ3n) is 0.916. The molecule has 0 rings (SSSR count). The number of hydrogen-bond acceptors (Lipinski definition) is 3. The first-order valence-corrected chi connectivity index (χ1v) is 3.37. The van der Waals surface area contributed by atoms with Crippen LogP contribution in [0.1, 0.15) is 6.92 Å². The third-order valence-corrected chi connectivity index (χ3v) is 0.916. The van der Waals surface area contributed by atoms with Crippen molar-refractivity contribution >= 4 is 5.97 Å². The fourth-order valence-electron chi connectivity index (χ4n) is 0.104. The Morgan fingerprint density at radius 3 is 1.79 bits per heavy atom. The molecule has 0 amide bonds. The van der Waals surface area contributed by atoms with Crippen molar-refractivity contribution in [3.63, 3.8) is 0 Å². The lowest BCUT2D eigenvalue weighted by atomic mass is 10.4. The normalized spacial score (nSPS) is 12.4. The van der Waals surface area contributed by atoms with E-state index >= 15 is 0 Å². The minimum absolute atomic E-state index is 0.176. The van der Waals surface area contributed by atoms with Gasteiger partial charge in [0.15, 0.2) is 6.10 Å². The molecule has 1 atom stereocenters. The average Bonchev–Trinajstić information content (AvgIpc) is 2.02. The zero-order valence-electron chi connectivity index (χ0n) is 7.38. The van der Waals surface area contributed by atoms with E-state index in [1.54, 1.807) is 0 Å². The van der Waals surface area contributed by atoms with E-state index in [1.807, 2.05) is 0 Å². The van der Waals surface area contributed by atoms with Crippen LogP contribution in [0.3, 0.4) is 0 Å². The summed E-state index contributed by atoms with van der Waals surface area (Å²) in [5, 5.41) is 23.4. The highest BCUT2D eigenvalue weighted by Gasteiger charge is 2.37. The van der Waals surface area contributed by atoms with E-state index < -0.39 is 24.9 Å². The van der Waals surface area contributed by atoms with Gasteiger partial charge in [0.1, 0.15) is 0 Å². The molecule has 0 aliphatic heterocycles. The lowest BCUT2D eigenvalue weighted by molar-refractivity contribution is -0.212. The molecule has 0 bridgehead atoms. The Kier molecular flexibility index (Phi) is 7.02. The van der Waals surface area contributed by atoms with E-state index in [2.05, 4.69) is 6.58 Å². The van der Waals surface area contributed by atoms with Crippen LogP contribution in [0.5, 0.6) is 0 Å². The van der Waals surface area contributed by atoms with Gasteiger partial charge in [0.2, 0.25) is 0 Å². The SMILES string of the molecule is C=C(C)C(=O)O.OCC(O)C(F)(F)F. The maximum absolute atomic E-state index is 11.0. The van der Waals surface area contributed by atoms with Gasteiger partial charge in [-0.15, -0.1) is 0 Å². The first-order chi connectivity index (χ1) is 6.12. The van der Waals surface area contributed by atoms with E-state index in [4.69, 9.17) is 15.3 Å². The topological polar surface area (TPSA) is 77.8 Å². The van der Waals surface area contributed by atoms with Crippen molar-refractivity contribution in [1.82, 2.24) is 0 Å². The standard InChI is InChI=1S/C4H6O2.C3H5F3O2/c1-3(2)4(5)6;4-3(5,6)2(8)1-7/h1H2,2H3,(H,5,6);2,7-8H,1H2. The zero-order chi connectivity index (χ0) is 11.9. The Balaban J connectivity index is 0. The molecule has 1 unspecified atom stereocenters. The van der Waals surface area contributed by atoms with Gasteiger partial charge in [0, 0.05) is 5.57 Å². The van der Waals surface area contributed by atoms with E-state index in [9.17, 15) is 18.0 Å². The van der Waals surface area contributed by atoms with Crippen LogP contribution in [0.4, 0.5) is 13.2 Å². The quantitative estimate of drug-likeness (QED) is 0.589. The lowest BCUT2D eigenvalue weighted by Crippen LogP contribution is -2.31. The number of halogens is 3. The van der Waals surface area contributed by atoms with Crippen molar-refractivity contribution in [2.45, 2.75) is 19.2 Å². The second-order valence-corrected chi connectivity index (χ2v) is 2.33. The fourth-order valence-corrected chi connectivity index (χ4v) is 0.104. The van der Waals surface area contributed by atoms with E-state index in [1.165, 1.54) is 6.92 Å². The third kappa shape index (κ3) is 9.01. The van der Waals surface area contributed by atoms with Crippen molar-refractivity contribution in [3.8, 4) is 0 Å². The molecule has 0 aliphatic rings. The number of hydrogen-bond donors (Lipinski definition) is 3. The molecular weight excluding hydrogens is 205 g/mol.